The van der Waals surface area contributed by atoms with Crippen LogP contribution in [-0.4, -0.2) is 53.0 Å². The van der Waals surface area contributed by atoms with Crippen molar-refractivity contribution in [3.05, 3.63) is 32.6 Å². The molecule has 19 heteroatoms. The van der Waals surface area contributed by atoms with Gasteiger partial charge in [-0.05, 0) is 18.7 Å². The number of aliphatic hydroxyl groups excluding tert-OH is 1. The molecular formula is C10H17N2O13P3S. The van der Waals surface area contributed by atoms with E-state index in [0.717, 1.165) is 4.57 Å². The summed E-state index contributed by atoms with van der Waals surface area (Å²) in [7, 11) is -10.9. The third kappa shape index (κ3) is 7.26. The van der Waals surface area contributed by atoms with Gasteiger partial charge in [-0.25, -0.2) is 18.2 Å². The van der Waals surface area contributed by atoms with Gasteiger partial charge in [-0.3, -0.25) is 14.3 Å². The highest BCUT2D eigenvalue weighted by Crippen LogP contribution is 2.66. The molecule has 0 bridgehead atoms. The second kappa shape index (κ2) is 8.89. The number of hydrogen-bond donors (Lipinski definition) is 6. The lowest BCUT2D eigenvalue weighted by molar-refractivity contribution is -0.0427. The molecule has 2 heterocycles. The summed E-state index contributed by atoms with van der Waals surface area (Å²) in [4.78, 5) is 61.4. The lowest BCUT2D eigenvalue weighted by Crippen LogP contribution is -2.33. The molecule has 1 aliphatic rings. The van der Waals surface area contributed by atoms with Crippen LogP contribution in [0.4, 0.5) is 0 Å². The Kier molecular flexibility index (Phi) is 7.57. The molecule has 166 valence electrons. The molecule has 0 radical (unpaired) electrons. The van der Waals surface area contributed by atoms with Gasteiger partial charge in [0.2, 0.25) is 0 Å². The van der Waals surface area contributed by atoms with Crippen LogP contribution in [0.3, 0.4) is 0 Å². The molecule has 0 aliphatic carbocycles. The maximum absolute atomic E-state index is 11.9. The fourth-order valence-electron chi connectivity index (χ4n) is 2.31. The number of hydrogen-bond acceptors (Lipinski definition) is 10. The van der Waals surface area contributed by atoms with E-state index in [1.807, 2.05) is 0 Å². The second-order valence-electron chi connectivity index (χ2n) is 5.80. The predicted molar refractivity (Wildman–Crippen MR) is 97.1 cm³/mol. The van der Waals surface area contributed by atoms with Crippen molar-refractivity contribution < 1.29 is 51.7 Å². The van der Waals surface area contributed by atoms with E-state index in [1.54, 1.807) is 0 Å². The van der Waals surface area contributed by atoms with Crippen LogP contribution < -0.4 is 11.2 Å². The van der Waals surface area contributed by atoms with Crippen LogP contribution in [0.15, 0.2) is 15.8 Å². The summed E-state index contributed by atoms with van der Waals surface area (Å²) < 4.78 is 40.8. The van der Waals surface area contributed by atoms with Gasteiger partial charge in [-0.1, -0.05) is 0 Å². The molecule has 1 saturated heterocycles. The molecule has 0 spiro atoms. The van der Waals surface area contributed by atoms with Gasteiger partial charge in [-0.15, -0.1) is 0 Å². The Hall–Kier alpha value is -0.570. The monoisotopic (exact) mass is 498 g/mol. The van der Waals surface area contributed by atoms with Gasteiger partial charge in [0.25, 0.3) is 5.56 Å². The number of ether oxygens (including phenoxy) is 1. The van der Waals surface area contributed by atoms with Gasteiger partial charge in [0.15, 0.2) is 0 Å². The summed E-state index contributed by atoms with van der Waals surface area (Å²) in [5.74, 6) is 0. The molecule has 2 rings (SSSR count). The lowest BCUT2D eigenvalue weighted by atomic mass is 10.2. The number of phosphoric acid groups is 2. The molecule has 1 aromatic heterocycles. The highest BCUT2D eigenvalue weighted by molar-refractivity contribution is 8.08. The van der Waals surface area contributed by atoms with Crippen LogP contribution in [-0.2, 0) is 38.8 Å². The van der Waals surface area contributed by atoms with Gasteiger partial charge in [0.05, 0.1) is 12.7 Å². The zero-order valence-electron chi connectivity index (χ0n) is 14.4. The first kappa shape index (κ1) is 24.7. The number of H-pyrrole nitrogens is 1. The summed E-state index contributed by atoms with van der Waals surface area (Å²) in [5, 5.41) is 10.0. The standard InChI is InChI=1S/C10H17N2O13P3S/c1-5-3-12(10(15)11-9(5)14)8-2-6(13)7(23-8)4-22-28(21,29)25-27(19,20)24-26(16,17)18/h3,6-8,13H,2,4H2,1H3,(H,19,20)(H,21,29)(H,11,14,15)(H2,16,17,18)/t6-,7+,8+,28?/m0/s1. The van der Waals surface area contributed by atoms with Crippen LogP contribution in [0.5, 0.6) is 0 Å². The van der Waals surface area contributed by atoms with Gasteiger partial charge >= 0.3 is 28.1 Å². The number of aromatic amines is 1. The minimum Gasteiger partial charge on any atom is -0.390 e. The largest absolute Gasteiger partial charge is 0.488 e. The molecule has 0 amide bonds. The molecule has 1 aromatic rings. The van der Waals surface area contributed by atoms with E-state index in [9.17, 15) is 33.6 Å². The normalized spacial score (nSPS) is 26.8. The summed E-state index contributed by atoms with van der Waals surface area (Å²) in [6, 6.07) is 0. The first-order valence-corrected chi connectivity index (χ1v) is 13.1. The van der Waals surface area contributed by atoms with Crippen molar-refractivity contribution in [1.82, 2.24) is 9.55 Å². The summed E-state index contributed by atoms with van der Waals surface area (Å²) in [6.07, 6.45) is -2.27. The average Bonchev–Trinajstić information content (AvgIpc) is 2.86. The fourth-order valence-corrected chi connectivity index (χ4v) is 6.28. The molecule has 15 nitrogen and oxygen atoms in total. The first-order valence-electron chi connectivity index (χ1n) is 7.52. The summed E-state index contributed by atoms with van der Waals surface area (Å²) >= 11 is 4.45. The Morgan fingerprint density at radius 1 is 1.28 bits per heavy atom. The van der Waals surface area contributed by atoms with Crippen molar-refractivity contribution in [1.29, 1.82) is 0 Å². The maximum atomic E-state index is 11.9. The highest BCUT2D eigenvalue weighted by Gasteiger charge is 2.40. The van der Waals surface area contributed by atoms with Crippen molar-refractivity contribution in [2.75, 3.05) is 6.61 Å². The Balaban J connectivity index is 2.03. The molecule has 0 saturated carbocycles. The molecule has 5 atom stereocenters. The number of nitrogens with zero attached hydrogens (tertiary/aromatic N) is 1. The predicted octanol–water partition coefficient (Wildman–Crippen LogP) is -1.05. The zero-order valence-corrected chi connectivity index (χ0v) is 17.9. The zero-order chi connectivity index (χ0) is 22.2. The van der Waals surface area contributed by atoms with Crippen molar-refractivity contribution >= 4 is 34.2 Å². The Labute approximate surface area is 166 Å². The lowest BCUT2D eigenvalue weighted by Gasteiger charge is -2.21. The van der Waals surface area contributed by atoms with Crippen molar-refractivity contribution in [2.45, 2.75) is 31.8 Å². The Bertz CT molecular complexity index is 1020. The number of aryl methyl sites for hydroxylation is 1. The van der Waals surface area contributed by atoms with Crippen LogP contribution in [0.2, 0.25) is 0 Å². The highest BCUT2D eigenvalue weighted by atomic mass is 32.5. The SMILES string of the molecule is Cc1cn([C@H]2C[C@H](O)[C@@H](COP(O)(=S)OP(=O)(O)OP(=O)(O)O)O2)c(=O)[nH]c1=O. The topological polar surface area (TPSA) is 227 Å². The van der Waals surface area contributed by atoms with Gasteiger partial charge < -0.3 is 33.9 Å². The van der Waals surface area contributed by atoms with E-state index in [4.69, 9.17) is 19.0 Å². The van der Waals surface area contributed by atoms with Crippen molar-refractivity contribution in [3.63, 3.8) is 0 Å². The minimum atomic E-state index is -5.46. The van der Waals surface area contributed by atoms with Crippen LogP contribution in [0.25, 0.3) is 0 Å². The summed E-state index contributed by atoms with van der Waals surface area (Å²) in [5.41, 5.74) is -1.16. The van der Waals surface area contributed by atoms with Gasteiger partial charge in [-0.2, -0.15) is 4.31 Å². The molecule has 1 aliphatic heterocycles. The summed E-state index contributed by atoms with van der Waals surface area (Å²) in [6.45, 7) is -3.77. The molecule has 0 aromatic carbocycles. The van der Waals surface area contributed by atoms with E-state index in [-0.39, 0.29) is 12.0 Å². The molecule has 1 fully saturated rings. The van der Waals surface area contributed by atoms with E-state index < -0.39 is 58.7 Å². The average molecular weight is 498 g/mol. The number of rotatable bonds is 8. The third-order valence-electron chi connectivity index (χ3n) is 3.48. The Morgan fingerprint density at radius 3 is 2.48 bits per heavy atom. The quantitative estimate of drug-likeness (QED) is 0.235. The van der Waals surface area contributed by atoms with Crippen LogP contribution in [0, 0.1) is 6.92 Å². The molecule has 29 heavy (non-hydrogen) atoms. The molecular weight excluding hydrogens is 481 g/mol. The van der Waals surface area contributed by atoms with E-state index in [1.165, 1.54) is 13.1 Å². The van der Waals surface area contributed by atoms with Crippen LogP contribution >= 0.6 is 22.4 Å². The minimum absolute atomic E-state index is 0.103. The van der Waals surface area contributed by atoms with Crippen molar-refractivity contribution in [2.24, 2.45) is 0 Å². The van der Waals surface area contributed by atoms with Crippen molar-refractivity contribution in [3.8, 4) is 0 Å². The fraction of sp³-hybridized carbons (Fsp3) is 0.600. The number of aromatic nitrogens is 2. The van der Waals surface area contributed by atoms with E-state index in [2.05, 4.69) is 25.4 Å². The van der Waals surface area contributed by atoms with E-state index >= 15 is 0 Å². The number of nitrogens with one attached hydrogen (secondary N) is 1. The smallest absolute Gasteiger partial charge is 0.390 e. The second-order valence-corrected chi connectivity index (χ2v) is 11.6. The molecule has 2 unspecified atom stereocenters. The van der Waals surface area contributed by atoms with Gasteiger partial charge in [0, 0.05) is 18.2 Å². The first-order chi connectivity index (χ1) is 13.1. The Morgan fingerprint density at radius 2 is 1.90 bits per heavy atom. The van der Waals surface area contributed by atoms with Gasteiger partial charge in [0.1, 0.15) is 12.3 Å². The number of aliphatic hydroxyl groups is 1. The third-order valence-corrected chi connectivity index (χ3v) is 8.20. The molecule has 6 N–H and O–H groups in total. The van der Waals surface area contributed by atoms with E-state index in [0.29, 0.717) is 0 Å². The maximum Gasteiger partial charge on any atom is 0.488 e. The van der Waals surface area contributed by atoms with Crippen LogP contribution in [0.1, 0.15) is 18.2 Å².